The highest BCUT2D eigenvalue weighted by molar-refractivity contribution is 4.87. The van der Waals surface area contributed by atoms with Crippen LogP contribution in [0.1, 0.15) is 58.3 Å². The quantitative estimate of drug-likeness (QED) is 0.745. The molecule has 1 unspecified atom stereocenters. The predicted molar refractivity (Wildman–Crippen MR) is 65.1 cm³/mol. The third kappa shape index (κ3) is 3.46. The van der Waals surface area contributed by atoms with Crippen LogP contribution in [0.2, 0.25) is 0 Å². The second-order valence-electron chi connectivity index (χ2n) is 5.63. The zero-order chi connectivity index (χ0) is 10.6. The van der Waals surface area contributed by atoms with Gasteiger partial charge >= 0.3 is 0 Å². The van der Waals surface area contributed by atoms with Gasteiger partial charge in [-0.25, -0.2) is 0 Å². The van der Waals surface area contributed by atoms with E-state index >= 15 is 0 Å². The molecular weight excluding hydrogens is 184 g/mol. The molecule has 1 saturated carbocycles. The lowest BCUT2D eigenvalue weighted by molar-refractivity contribution is 0.251. The number of rotatable bonds is 4. The Morgan fingerprint density at radius 2 is 2.00 bits per heavy atom. The monoisotopic (exact) mass is 210 g/mol. The summed E-state index contributed by atoms with van der Waals surface area (Å²) in [7, 11) is 0. The van der Waals surface area contributed by atoms with Crippen LogP contribution in [0.5, 0.6) is 0 Å². The van der Waals surface area contributed by atoms with Gasteiger partial charge in [0, 0.05) is 11.6 Å². The Morgan fingerprint density at radius 1 is 1.20 bits per heavy atom. The number of hydrogen-bond acceptors (Lipinski definition) is 2. The standard InChI is InChI=1S/C13H26N2/c1-13(8-3-2-4-9-13)15-11-7-12-6-5-10-14-12/h12,14-15H,2-11H2,1H3. The Hall–Kier alpha value is -0.0800. The Morgan fingerprint density at radius 3 is 2.67 bits per heavy atom. The molecule has 2 rings (SSSR count). The van der Waals surface area contributed by atoms with Crippen molar-refractivity contribution in [3.05, 3.63) is 0 Å². The minimum Gasteiger partial charge on any atom is -0.314 e. The molecule has 1 saturated heterocycles. The van der Waals surface area contributed by atoms with E-state index < -0.39 is 0 Å². The van der Waals surface area contributed by atoms with Gasteiger partial charge in [0.05, 0.1) is 0 Å². The highest BCUT2D eigenvalue weighted by Crippen LogP contribution is 2.27. The first-order chi connectivity index (χ1) is 7.29. The third-order valence-electron chi connectivity index (χ3n) is 4.16. The molecule has 0 spiro atoms. The van der Waals surface area contributed by atoms with E-state index in [2.05, 4.69) is 17.6 Å². The first kappa shape index (κ1) is 11.4. The van der Waals surface area contributed by atoms with Crippen molar-refractivity contribution in [2.75, 3.05) is 13.1 Å². The molecule has 0 aromatic heterocycles. The van der Waals surface area contributed by atoms with Crippen LogP contribution in [-0.4, -0.2) is 24.7 Å². The summed E-state index contributed by atoms with van der Waals surface area (Å²) in [5.41, 5.74) is 0.455. The number of nitrogens with one attached hydrogen (secondary N) is 2. The maximum absolute atomic E-state index is 3.78. The molecule has 1 aliphatic heterocycles. The lowest BCUT2D eigenvalue weighted by atomic mass is 9.83. The fraction of sp³-hybridized carbons (Fsp3) is 1.00. The summed E-state index contributed by atoms with van der Waals surface area (Å²) in [6, 6.07) is 0.796. The Labute approximate surface area is 94.2 Å². The lowest BCUT2D eigenvalue weighted by Crippen LogP contribution is -2.45. The van der Waals surface area contributed by atoms with Gasteiger partial charge in [-0.2, -0.15) is 0 Å². The van der Waals surface area contributed by atoms with Crippen molar-refractivity contribution in [1.29, 1.82) is 0 Å². The molecule has 0 aromatic carbocycles. The van der Waals surface area contributed by atoms with E-state index in [1.807, 2.05) is 0 Å². The molecule has 2 fully saturated rings. The highest BCUT2D eigenvalue weighted by Gasteiger charge is 2.26. The van der Waals surface area contributed by atoms with Gasteiger partial charge in [-0.15, -0.1) is 0 Å². The van der Waals surface area contributed by atoms with Gasteiger partial charge in [-0.1, -0.05) is 19.3 Å². The van der Waals surface area contributed by atoms with Crippen LogP contribution in [0.3, 0.4) is 0 Å². The summed E-state index contributed by atoms with van der Waals surface area (Å²) in [5.74, 6) is 0. The largest absolute Gasteiger partial charge is 0.314 e. The van der Waals surface area contributed by atoms with Crippen LogP contribution < -0.4 is 10.6 Å². The Kier molecular flexibility index (Phi) is 4.04. The van der Waals surface area contributed by atoms with Gasteiger partial charge in [0.15, 0.2) is 0 Å². The van der Waals surface area contributed by atoms with Crippen LogP contribution in [-0.2, 0) is 0 Å². The normalized spacial score (nSPS) is 30.6. The molecule has 0 bridgehead atoms. The molecule has 2 N–H and O–H groups in total. The Balaban J connectivity index is 1.63. The molecule has 1 heterocycles. The van der Waals surface area contributed by atoms with Crippen LogP contribution in [0.4, 0.5) is 0 Å². The van der Waals surface area contributed by atoms with E-state index in [1.54, 1.807) is 0 Å². The summed E-state index contributed by atoms with van der Waals surface area (Å²) in [4.78, 5) is 0. The summed E-state index contributed by atoms with van der Waals surface area (Å²) in [6.45, 7) is 4.85. The van der Waals surface area contributed by atoms with E-state index in [9.17, 15) is 0 Å². The molecule has 2 aliphatic rings. The van der Waals surface area contributed by atoms with Gasteiger partial charge in [-0.3, -0.25) is 0 Å². The molecule has 2 nitrogen and oxygen atoms in total. The molecule has 88 valence electrons. The van der Waals surface area contributed by atoms with Gasteiger partial charge in [-0.05, 0) is 52.1 Å². The zero-order valence-corrected chi connectivity index (χ0v) is 10.1. The van der Waals surface area contributed by atoms with Crippen molar-refractivity contribution < 1.29 is 0 Å². The second-order valence-corrected chi connectivity index (χ2v) is 5.63. The first-order valence-corrected chi connectivity index (χ1v) is 6.77. The summed E-state index contributed by atoms with van der Waals surface area (Å²) >= 11 is 0. The van der Waals surface area contributed by atoms with E-state index in [4.69, 9.17) is 0 Å². The van der Waals surface area contributed by atoms with Gasteiger partial charge in [0.25, 0.3) is 0 Å². The van der Waals surface area contributed by atoms with Crippen LogP contribution in [0, 0.1) is 0 Å². The molecule has 15 heavy (non-hydrogen) atoms. The van der Waals surface area contributed by atoms with Crippen LogP contribution in [0.15, 0.2) is 0 Å². The van der Waals surface area contributed by atoms with Crippen molar-refractivity contribution in [2.45, 2.75) is 69.9 Å². The van der Waals surface area contributed by atoms with E-state index in [1.165, 1.54) is 64.5 Å². The SMILES string of the molecule is CC1(NCCC2CCCN2)CCCCC1. The fourth-order valence-corrected chi connectivity index (χ4v) is 3.06. The van der Waals surface area contributed by atoms with Crippen molar-refractivity contribution in [1.82, 2.24) is 10.6 Å². The molecule has 0 aromatic rings. The van der Waals surface area contributed by atoms with Crippen molar-refractivity contribution in [2.24, 2.45) is 0 Å². The smallest absolute Gasteiger partial charge is 0.0153 e. The summed E-state index contributed by atoms with van der Waals surface area (Å²) < 4.78 is 0. The zero-order valence-electron chi connectivity index (χ0n) is 10.1. The Bertz CT molecular complexity index is 179. The molecular formula is C13H26N2. The molecule has 1 atom stereocenters. The molecule has 0 amide bonds. The van der Waals surface area contributed by atoms with E-state index in [0.29, 0.717) is 5.54 Å². The van der Waals surface area contributed by atoms with Gasteiger partial charge < -0.3 is 10.6 Å². The summed E-state index contributed by atoms with van der Waals surface area (Å²) in [6.07, 6.45) is 11.1. The maximum atomic E-state index is 3.78. The van der Waals surface area contributed by atoms with Crippen molar-refractivity contribution in [3.63, 3.8) is 0 Å². The summed E-state index contributed by atoms with van der Waals surface area (Å²) in [5, 5.41) is 7.35. The third-order valence-corrected chi connectivity index (χ3v) is 4.16. The molecule has 2 heteroatoms. The lowest BCUT2D eigenvalue weighted by Gasteiger charge is -2.35. The van der Waals surface area contributed by atoms with Gasteiger partial charge in [0.1, 0.15) is 0 Å². The average molecular weight is 210 g/mol. The van der Waals surface area contributed by atoms with Crippen LogP contribution >= 0.6 is 0 Å². The minimum atomic E-state index is 0.455. The number of hydrogen-bond donors (Lipinski definition) is 2. The predicted octanol–water partition coefficient (Wildman–Crippen LogP) is 2.44. The fourth-order valence-electron chi connectivity index (χ4n) is 3.06. The maximum Gasteiger partial charge on any atom is 0.0153 e. The van der Waals surface area contributed by atoms with Crippen molar-refractivity contribution >= 4 is 0 Å². The highest BCUT2D eigenvalue weighted by atomic mass is 15.0. The molecule has 1 aliphatic carbocycles. The first-order valence-electron chi connectivity index (χ1n) is 6.77. The van der Waals surface area contributed by atoms with E-state index in [0.717, 1.165) is 6.04 Å². The minimum absolute atomic E-state index is 0.455. The topological polar surface area (TPSA) is 24.1 Å². The second kappa shape index (κ2) is 5.31. The van der Waals surface area contributed by atoms with Gasteiger partial charge in [0.2, 0.25) is 0 Å². The van der Waals surface area contributed by atoms with Crippen molar-refractivity contribution in [3.8, 4) is 0 Å². The van der Waals surface area contributed by atoms with E-state index in [-0.39, 0.29) is 0 Å². The molecule has 0 radical (unpaired) electrons. The van der Waals surface area contributed by atoms with Crippen LogP contribution in [0.25, 0.3) is 0 Å². The average Bonchev–Trinajstić information content (AvgIpc) is 2.71.